The Morgan fingerprint density at radius 2 is 2.11 bits per heavy atom. The first-order valence-corrected chi connectivity index (χ1v) is 2.98. The van der Waals surface area contributed by atoms with E-state index in [4.69, 9.17) is 9.84 Å². The molecule has 1 rings (SSSR count). The van der Waals surface area contributed by atoms with Crippen molar-refractivity contribution in [3.05, 3.63) is 23.7 Å². The highest BCUT2D eigenvalue weighted by Crippen LogP contribution is 2.15. The van der Waals surface area contributed by atoms with Crippen molar-refractivity contribution < 1.29 is 9.84 Å². The van der Waals surface area contributed by atoms with Gasteiger partial charge in [-0.2, -0.15) is 0 Å². The van der Waals surface area contributed by atoms with Gasteiger partial charge in [0.15, 0.2) is 11.5 Å². The van der Waals surface area contributed by atoms with Crippen LogP contribution in [0.4, 0.5) is 0 Å². The van der Waals surface area contributed by atoms with E-state index in [0.717, 1.165) is 12.8 Å². The van der Waals surface area contributed by atoms with Crippen LogP contribution in [0, 0.1) is 0 Å². The molecule has 9 heavy (non-hydrogen) atoms. The van der Waals surface area contributed by atoms with Gasteiger partial charge in [0.1, 0.15) is 0 Å². The number of aliphatic hydroxyl groups is 1. The first-order valence-electron chi connectivity index (χ1n) is 2.98. The zero-order valence-corrected chi connectivity index (χ0v) is 5.42. The van der Waals surface area contributed by atoms with E-state index in [1.807, 2.05) is 6.08 Å². The van der Waals surface area contributed by atoms with Gasteiger partial charge in [0.05, 0.1) is 7.11 Å². The van der Waals surface area contributed by atoms with E-state index < -0.39 is 0 Å². The third kappa shape index (κ3) is 1.25. The van der Waals surface area contributed by atoms with Gasteiger partial charge < -0.3 is 9.84 Å². The Hall–Kier alpha value is -0.920. The maximum atomic E-state index is 9.04. The number of rotatable bonds is 1. The number of allylic oxidation sites excluding steroid dienone is 2. The van der Waals surface area contributed by atoms with Crippen molar-refractivity contribution in [2.24, 2.45) is 0 Å². The van der Waals surface area contributed by atoms with Crippen LogP contribution in [0.1, 0.15) is 12.8 Å². The van der Waals surface area contributed by atoms with E-state index >= 15 is 0 Å². The summed E-state index contributed by atoms with van der Waals surface area (Å²) >= 11 is 0. The van der Waals surface area contributed by atoms with E-state index in [9.17, 15) is 0 Å². The largest absolute Gasteiger partial charge is 0.504 e. The molecule has 0 bridgehead atoms. The number of methoxy groups -OCH3 is 1. The fraction of sp³-hybridized carbons (Fsp3) is 0.429. The highest BCUT2D eigenvalue weighted by molar-refractivity contribution is 5.21. The fourth-order valence-electron chi connectivity index (χ4n) is 0.828. The number of ether oxygens (including phenoxy) is 1. The Labute approximate surface area is 54.5 Å². The molecule has 1 N–H and O–H groups in total. The van der Waals surface area contributed by atoms with Gasteiger partial charge in [-0.1, -0.05) is 0 Å². The van der Waals surface area contributed by atoms with E-state index in [1.165, 1.54) is 0 Å². The zero-order valence-electron chi connectivity index (χ0n) is 5.42. The van der Waals surface area contributed by atoms with E-state index in [2.05, 4.69) is 0 Å². The van der Waals surface area contributed by atoms with Gasteiger partial charge in [-0.3, -0.25) is 0 Å². The quantitative estimate of drug-likeness (QED) is 0.580. The summed E-state index contributed by atoms with van der Waals surface area (Å²) in [5, 5.41) is 9.04. The van der Waals surface area contributed by atoms with Crippen molar-refractivity contribution in [3.8, 4) is 0 Å². The summed E-state index contributed by atoms with van der Waals surface area (Å²) in [7, 11) is 1.56. The van der Waals surface area contributed by atoms with Crippen LogP contribution in [0.2, 0.25) is 0 Å². The van der Waals surface area contributed by atoms with E-state index in [-0.39, 0.29) is 5.76 Å². The lowest BCUT2D eigenvalue weighted by Gasteiger charge is -2.08. The Balaban J connectivity index is 2.68. The van der Waals surface area contributed by atoms with Crippen LogP contribution in [0.15, 0.2) is 23.7 Å². The summed E-state index contributed by atoms with van der Waals surface area (Å²) in [6, 6.07) is 0. The molecule has 0 heterocycles. The van der Waals surface area contributed by atoms with Gasteiger partial charge in [-0.05, 0) is 25.0 Å². The van der Waals surface area contributed by atoms with Crippen LogP contribution in [0.3, 0.4) is 0 Å². The summed E-state index contributed by atoms with van der Waals surface area (Å²) in [6.45, 7) is 0. The molecule has 2 nitrogen and oxygen atoms in total. The molecule has 0 aliphatic heterocycles. The lowest BCUT2D eigenvalue weighted by Crippen LogP contribution is -1.95. The Bertz CT molecular complexity index is 156. The average molecular weight is 126 g/mol. The summed E-state index contributed by atoms with van der Waals surface area (Å²) in [5.41, 5.74) is 0. The van der Waals surface area contributed by atoms with Crippen molar-refractivity contribution in [1.29, 1.82) is 0 Å². The summed E-state index contributed by atoms with van der Waals surface area (Å²) in [4.78, 5) is 0. The topological polar surface area (TPSA) is 29.5 Å². The second kappa shape index (κ2) is 2.58. The zero-order chi connectivity index (χ0) is 6.69. The molecule has 0 saturated carbocycles. The Kier molecular flexibility index (Phi) is 1.78. The van der Waals surface area contributed by atoms with Gasteiger partial charge in [0.25, 0.3) is 0 Å². The molecule has 0 spiro atoms. The third-order valence-corrected chi connectivity index (χ3v) is 1.31. The lowest BCUT2D eigenvalue weighted by atomic mass is 10.1. The second-order valence-corrected chi connectivity index (χ2v) is 1.94. The Morgan fingerprint density at radius 3 is 2.56 bits per heavy atom. The summed E-state index contributed by atoms with van der Waals surface area (Å²) < 4.78 is 4.85. The summed E-state index contributed by atoms with van der Waals surface area (Å²) in [5.74, 6) is 0.866. The Morgan fingerprint density at radius 1 is 1.44 bits per heavy atom. The minimum absolute atomic E-state index is 0.267. The van der Waals surface area contributed by atoms with Crippen LogP contribution < -0.4 is 0 Å². The molecule has 1 aliphatic carbocycles. The van der Waals surface area contributed by atoms with Gasteiger partial charge in [-0.15, -0.1) is 0 Å². The third-order valence-electron chi connectivity index (χ3n) is 1.31. The predicted octanol–water partition coefficient (Wildman–Crippen LogP) is 1.75. The molecule has 50 valence electrons. The second-order valence-electron chi connectivity index (χ2n) is 1.94. The molecule has 2 heteroatoms. The van der Waals surface area contributed by atoms with Gasteiger partial charge in [0, 0.05) is 0 Å². The van der Waals surface area contributed by atoms with Gasteiger partial charge in [0.2, 0.25) is 0 Å². The maximum Gasteiger partial charge on any atom is 0.156 e. The van der Waals surface area contributed by atoms with Crippen LogP contribution in [0.25, 0.3) is 0 Å². The number of hydrogen-bond donors (Lipinski definition) is 1. The molecular weight excluding hydrogens is 116 g/mol. The van der Waals surface area contributed by atoms with Gasteiger partial charge >= 0.3 is 0 Å². The molecule has 0 fully saturated rings. The standard InChI is InChI=1S/C7H10O2/c1-9-7-5-3-2-4-6(7)8/h4-5,8H,2-3H2,1H3. The smallest absolute Gasteiger partial charge is 0.156 e. The lowest BCUT2D eigenvalue weighted by molar-refractivity contribution is 0.251. The number of aliphatic hydroxyl groups excluding tert-OH is 1. The highest BCUT2D eigenvalue weighted by atomic mass is 16.5. The fourth-order valence-corrected chi connectivity index (χ4v) is 0.828. The first kappa shape index (κ1) is 6.20. The van der Waals surface area contributed by atoms with Crippen LogP contribution in [0.5, 0.6) is 0 Å². The summed E-state index contributed by atoms with van der Waals surface area (Å²) in [6.07, 6.45) is 5.53. The van der Waals surface area contributed by atoms with Crippen molar-refractivity contribution >= 4 is 0 Å². The van der Waals surface area contributed by atoms with Gasteiger partial charge in [-0.25, -0.2) is 0 Å². The highest BCUT2D eigenvalue weighted by Gasteiger charge is 2.04. The molecule has 0 unspecified atom stereocenters. The molecule has 0 radical (unpaired) electrons. The monoisotopic (exact) mass is 126 g/mol. The van der Waals surface area contributed by atoms with Crippen molar-refractivity contribution in [3.63, 3.8) is 0 Å². The average Bonchev–Trinajstić information content (AvgIpc) is 1.89. The van der Waals surface area contributed by atoms with E-state index in [1.54, 1.807) is 13.2 Å². The molecule has 0 saturated heterocycles. The van der Waals surface area contributed by atoms with Crippen LogP contribution in [-0.2, 0) is 4.74 Å². The van der Waals surface area contributed by atoms with Crippen molar-refractivity contribution in [2.75, 3.05) is 7.11 Å². The van der Waals surface area contributed by atoms with Crippen LogP contribution in [-0.4, -0.2) is 12.2 Å². The molecular formula is C7H10O2. The predicted molar refractivity (Wildman–Crippen MR) is 35.0 cm³/mol. The van der Waals surface area contributed by atoms with Crippen molar-refractivity contribution in [2.45, 2.75) is 12.8 Å². The molecule has 0 aromatic heterocycles. The molecule has 0 aromatic carbocycles. The normalized spacial score (nSPS) is 18.3. The number of hydrogen-bond acceptors (Lipinski definition) is 2. The SMILES string of the molecule is COC1=CCCC=C1O. The minimum atomic E-state index is 0.267. The van der Waals surface area contributed by atoms with Crippen molar-refractivity contribution in [1.82, 2.24) is 0 Å². The molecule has 0 atom stereocenters. The molecule has 0 aromatic rings. The maximum absolute atomic E-state index is 9.04. The minimum Gasteiger partial charge on any atom is -0.504 e. The first-order chi connectivity index (χ1) is 4.34. The molecule has 0 amide bonds. The molecule has 1 aliphatic rings. The van der Waals surface area contributed by atoms with E-state index in [0.29, 0.717) is 5.76 Å². The van der Waals surface area contributed by atoms with Crippen LogP contribution >= 0.6 is 0 Å².